The van der Waals surface area contributed by atoms with Crippen LogP contribution in [-0.4, -0.2) is 22.1 Å². The van der Waals surface area contributed by atoms with Crippen molar-refractivity contribution in [1.82, 2.24) is 5.32 Å². The number of hydrogen-bond donors (Lipinski definition) is 3. The number of carboxylic acids is 1. The number of amides is 1. The van der Waals surface area contributed by atoms with Gasteiger partial charge in [-0.1, -0.05) is 19.1 Å². The van der Waals surface area contributed by atoms with E-state index in [-0.39, 0.29) is 16.6 Å². The summed E-state index contributed by atoms with van der Waals surface area (Å²) >= 11 is 4.94. The maximum atomic E-state index is 11.3. The fourth-order valence-electron chi connectivity index (χ4n) is 1.35. The van der Waals surface area contributed by atoms with Gasteiger partial charge in [-0.05, 0) is 30.8 Å². The summed E-state index contributed by atoms with van der Waals surface area (Å²) in [7, 11) is 0. The number of benzene rings is 1. The van der Waals surface area contributed by atoms with Crippen LogP contribution in [-0.2, 0) is 4.79 Å². The lowest BCUT2D eigenvalue weighted by Gasteiger charge is -2.11. The zero-order valence-electron chi connectivity index (χ0n) is 9.90. The summed E-state index contributed by atoms with van der Waals surface area (Å²) in [6.07, 6.45) is 1.10. The summed E-state index contributed by atoms with van der Waals surface area (Å²) in [6, 6.07) is 6.35. The Labute approximate surface area is 110 Å². The van der Waals surface area contributed by atoms with Crippen molar-refractivity contribution in [2.24, 2.45) is 0 Å². The van der Waals surface area contributed by atoms with E-state index in [1.165, 1.54) is 6.07 Å². The normalized spacial score (nSPS) is 9.61. The number of hydrogen-bond acceptors (Lipinski definition) is 3. The van der Waals surface area contributed by atoms with E-state index in [0.29, 0.717) is 12.1 Å². The molecule has 18 heavy (non-hydrogen) atoms. The summed E-state index contributed by atoms with van der Waals surface area (Å²) in [4.78, 5) is 22.3. The number of carbonyl (C=O) groups excluding carboxylic acids is 1. The van der Waals surface area contributed by atoms with Gasteiger partial charge in [-0.25, -0.2) is 4.79 Å². The fourth-order valence-corrected chi connectivity index (χ4v) is 1.57. The highest BCUT2D eigenvalue weighted by Crippen LogP contribution is 2.14. The predicted molar refractivity (Wildman–Crippen MR) is 72.7 cm³/mol. The van der Waals surface area contributed by atoms with Crippen LogP contribution in [0.25, 0.3) is 0 Å². The molecule has 0 saturated heterocycles. The lowest BCUT2D eigenvalue weighted by Crippen LogP contribution is -2.34. The van der Waals surface area contributed by atoms with Gasteiger partial charge in [0, 0.05) is 6.42 Å². The first-order valence-corrected chi connectivity index (χ1v) is 5.88. The maximum Gasteiger partial charge on any atom is 0.337 e. The molecule has 0 fully saturated rings. The molecule has 1 aromatic rings. The molecule has 0 spiro atoms. The van der Waals surface area contributed by atoms with E-state index in [0.717, 1.165) is 6.42 Å². The lowest BCUT2D eigenvalue weighted by atomic mass is 10.2. The second kappa shape index (κ2) is 6.70. The Bertz CT molecular complexity index is 474. The molecule has 0 aliphatic rings. The molecular formula is C12H14N2O3S. The van der Waals surface area contributed by atoms with E-state index in [9.17, 15) is 9.59 Å². The van der Waals surface area contributed by atoms with E-state index in [1.807, 2.05) is 6.92 Å². The zero-order chi connectivity index (χ0) is 13.5. The first-order valence-electron chi connectivity index (χ1n) is 5.47. The van der Waals surface area contributed by atoms with Crippen molar-refractivity contribution < 1.29 is 14.7 Å². The van der Waals surface area contributed by atoms with Crippen molar-refractivity contribution in [2.45, 2.75) is 19.8 Å². The molecule has 0 aromatic heterocycles. The number of anilines is 1. The molecule has 5 nitrogen and oxygen atoms in total. The van der Waals surface area contributed by atoms with Gasteiger partial charge in [0.1, 0.15) is 0 Å². The molecule has 0 unspecified atom stereocenters. The van der Waals surface area contributed by atoms with E-state index in [4.69, 9.17) is 17.3 Å². The van der Waals surface area contributed by atoms with Crippen LogP contribution in [0.15, 0.2) is 24.3 Å². The Morgan fingerprint density at radius 1 is 1.33 bits per heavy atom. The summed E-state index contributed by atoms with van der Waals surface area (Å²) in [5.74, 6) is -1.25. The molecule has 0 aliphatic heterocycles. The van der Waals surface area contributed by atoms with Gasteiger partial charge in [0.15, 0.2) is 5.11 Å². The van der Waals surface area contributed by atoms with Crippen LogP contribution >= 0.6 is 12.2 Å². The van der Waals surface area contributed by atoms with Crippen LogP contribution < -0.4 is 10.6 Å². The van der Waals surface area contributed by atoms with Crippen molar-refractivity contribution >= 4 is 34.9 Å². The minimum atomic E-state index is -1.05. The summed E-state index contributed by atoms with van der Waals surface area (Å²) < 4.78 is 0. The molecule has 1 amide bonds. The van der Waals surface area contributed by atoms with Gasteiger partial charge in [-0.2, -0.15) is 0 Å². The molecular weight excluding hydrogens is 252 g/mol. The van der Waals surface area contributed by atoms with Crippen LogP contribution in [0, 0.1) is 0 Å². The molecule has 0 radical (unpaired) electrons. The van der Waals surface area contributed by atoms with Crippen LogP contribution in [0.2, 0.25) is 0 Å². The van der Waals surface area contributed by atoms with E-state index < -0.39 is 5.97 Å². The van der Waals surface area contributed by atoms with Crippen LogP contribution in [0.5, 0.6) is 0 Å². The minimum absolute atomic E-state index is 0.0992. The number of nitrogens with one attached hydrogen (secondary N) is 2. The van der Waals surface area contributed by atoms with Gasteiger partial charge in [0.25, 0.3) is 0 Å². The number of aromatic carboxylic acids is 1. The van der Waals surface area contributed by atoms with Crippen molar-refractivity contribution in [3.05, 3.63) is 29.8 Å². The Morgan fingerprint density at radius 3 is 2.61 bits per heavy atom. The van der Waals surface area contributed by atoms with Crippen LogP contribution in [0.1, 0.15) is 30.1 Å². The van der Waals surface area contributed by atoms with Gasteiger partial charge in [-0.3, -0.25) is 4.79 Å². The molecule has 0 heterocycles. The summed E-state index contributed by atoms with van der Waals surface area (Å²) in [5, 5.41) is 14.3. The average Bonchev–Trinajstić information content (AvgIpc) is 2.29. The van der Waals surface area contributed by atoms with Crippen LogP contribution in [0.4, 0.5) is 5.69 Å². The van der Waals surface area contributed by atoms with Crippen molar-refractivity contribution in [3.63, 3.8) is 0 Å². The number of carbonyl (C=O) groups is 2. The lowest BCUT2D eigenvalue weighted by molar-refractivity contribution is -0.119. The number of rotatable bonds is 4. The number of thiocarbonyl (C=S) groups is 1. The molecule has 3 N–H and O–H groups in total. The van der Waals surface area contributed by atoms with Gasteiger partial charge >= 0.3 is 5.97 Å². The first kappa shape index (κ1) is 14.1. The second-order valence-electron chi connectivity index (χ2n) is 3.60. The second-order valence-corrected chi connectivity index (χ2v) is 4.01. The molecule has 0 aliphatic carbocycles. The topological polar surface area (TPSA) is 78.4 Å². The Morgan fingerprint density at radius 2 is 2.00 bits per heavy atom. The van der Waals surface area contributed by atoms with Gasteiger partial charge in [-0.15, -0.1) is 0 Å². The Balaban J connectivity index is 2.70. The van der Waals surface area contributed by atoms with Gasteiger partial charge < -0.3 is 15.7 Å². The minimum Gasteiger partial charge on any atom is -0.478 e. The molecule has 1 aromatic carbocycles. The molecule has 1 rings (SSSR count). The highest BCUT2D eigenvalue weighted by atomic mass is 32.1. The number of carboxylic acid groups (broad SMARTS) is 1. The third kappa shape index (κ3) is 4.14. The predicted octanol–water partition coefficient (Wildman–Crippen LogP) is 2.00. The van der Waals surface area contributed by atoms with E-state index in [2.05, 4.69) is 10.6 Å². The molecule has 96 valence electrons. The standard InChI is InChI=1S/C12H14N2O3S/c1-2-5-10(15)14-12(18)13-9-7-4-3-6-8(9)11(16)17/h3-4,6-7H,2,5H2,1H3,(H,16,17)(H2,13,14,15,18). The number of para-hydroxylation sites is 1. The third-order valence-corrected chi connectivity index (χ3v) is 2.34. The highest BCUT2D eigenvalue weighted by molar-refractivity contribution is 7.80. The molecule has 6 heteroatoms. The Kier molecular flexibility index (Phi) is 5.26. The third-order valence-electron chi connectivity index (χ3n) is 2.14. The van der Waals surface area contributed by atoms with Crippen molar-refractivity contribution in [2.75, 3.05) is 5.32 Å². The van der Waals surface area contributed by atoms with E-state index in [1.54, 1.807) is 18.2 Å². The maximum absolute atomic E-state index is 11.3. The highest BCUT2D eigenvalue weighted by Gasteiger charge is 2.10. The van der Waals surface area contributed by atoms with Crippen LogP contribution in [0.3, 0.4) is 0 Å². The monoisotopic (exact) mass is 266 g/mol. The largest absolute Gasteiger partial charge is 0.478 e. The average molecular weight is 266 g/mol. The van der Waals surface area contributed by atoms with Gasteiger partial charge in [0.2, 0.25) is 5.91 Å². The molecule has 0 atom stereocenters. The molecule has 0 saturated carbocycles. The fraction of sp³-hybridized carbons (Fsp3) is 0.250. The summed E-state index contributed by atoms with van der Waals surface area (Å²) in [6.45, 7) is 1.88. The quantitative estimate of drug-likeness (QED) is 0.726. The van der Waals surface area contributed by atoms with Crippen molar-refractivity contribution in [3.8, 4) is 0 Å². The SMILES string of the molecule is CCCC(=O)NC(=S)Nc1ccccc1C(=O)O. The Hall–Kier alpha value is -1.95. The summed E-state index contributed by atoms with van der Waals surface area (Å²) in [5.41, 5.74) is 0.455. The first-order chi connectivity index (χ1) is 8.54. The van der Waals surface area contributed by atoms with Gasteiger partial charge in [0.05, 0.1) is 11.3 Å². The smallest absolute Gasteiger partial charge is 0.337 e. The molecule has 0 bridgehead atoms. The zero-order valence-corrected chi connectivity index (χ0v) is 10.7. The van der Waals surface area contributed by atoms with E-state index >= 15 is 0 Å². The van der Waals surface area contributed by atoms with Crippen molar-refractivity contribution in [1.29, 1.82) is 0 Å².